The highest BCUT2D eigenvalue weighted by Gasteiger charge is 2.37. The predicted molar refractivity (Wildman–Crippen MR) is 110 cm³/mol. The van der Waals surface area contributed by atoms with Gasteiger partial charge >= 0.3 is 5.97 Å². The SMILES string of the molecule is O=C(O)C1(CCCCCCCCCC(F)F)C=CC2=COc3ccccc3C2=C1. The summed E-state index contributed by atoms with van der Waals surface area (Å²) in [5, 5.41) is 9.96. The molecule has 5 heteroatoms. The molecule has 0 aromatic heterocycles. The molecule has 0 radical (unpaired) electrons. The van der Waals surface area contributed by atoms with Crippen LogP contribution in [0.1, 0.15) is 63.4 Å². The first kappa shape index (κ1) is 21.3. The van der Waals surface area contributed by atoms with Crippen molar-refractivity contribution in [3.63, 3.8) is 0 Å². The molecule has 0 amide bonds. The topological polar surface area (TPSA) is 46.5 Å². The zero-order valence-corrected chi connectivity index (χ0v) is 16.6. The molecular formula is C24H28F2O3. The number of rotatable bonds is 11. The number of para-hydroxylation sites is 1. The number of carboxylic acid groups (broad SMARTS) is 1. The molecule has 1 unspecified atom stereocenters. The molecule has 1 aromatic carbocycles. The number of ether oxygens (including phenoxy) is 1. The normalized spacial score (nSPS) is 19.8. The van der Waals surface area contributed by atoms with E-state index >= 15 is 0 Å². The molecule has 29 heavy (non-hydrogen) atoms. The second-order valence-corrected chi connectivity index (χ2v) is 7.83. The number of benzene rings is 1. The van der Waals surface area contributed by atoms with E-state index in [1.807, 2.05) is 36.4 Å². The van der Waals surface area contributed by atoms with Gasteiger partial charge in [-0.05, 0) is 24.5 Å². The third-order valence-corrected chi connectivity index (χ3v) is 5.67. The Hall–Kier alpha value is -2.43. The monoisotopic (exact) mass is 402 g/mol. The van der Waals surface area contributed by atoms with Crippen molar-refractivity contribution in [2.75, 3.05) is 0 Å². The first-order valence-corrected chi connectivity index (χ1v) is 10.4. The lowest BCUT2D eigenvalue weighted by molar-refractivity contribution is -0.144. The van der Waals surface area contributed by atoms with Gasteiger partial charge in [-0.1, -0.05) is 75.0 Å². The summed E-state index contributed by atoms with van der Waals surface area (Å²) in [5.74, 6) is -0.0970. The number of fused-ring (bicyclic) bond motifs is 3. The van der Waals surface area contributed by atoms with E-state index in [4.69, 9.17) is 4.74 Å². The van der Waals surface area contributed by atoms with Gasteiger partial charge in [0.05, 0.1) is 6.26 Å². The summed E-state index contributed by atoms with van der Waals surface area (Å²) >= 11 is 0. The lowest BCUT2D eigenvalue weighted by atomic mass is 9.74. The quantitative estimate of drug-likeness (QED) is 0.416. The van der Waals surface area contributed by atoms with Crippen LogP contribution in [0.5, 0.6) is 5.75 Å². The molecule has 1 aromatic rings. The summed E-state index contributed by atoms with van der Waals surface area (Å²) in [6.07, 6.45) is 11.7. The molecule has 0 bridgehead atoms. The van der Waals surface area contributed by atoms with E-state index in [0.717, 1.165) is 61.0 Å². The number of halogens is 2. The van der Waals surface area contributed by atoms with Gasteiger partial charge in [0, 0.05) is 17.6 Å². The molecule has 156 valence electrons. The molecule has 0 spiro atoms. The Kier molecular flexibility index (Phi) is 7.24. The Morgan fingerprint density at radius 1 is 1.03 bits per heavy atom. The first-order valence-electron chi connectivity index (χ1n) is 10.4. The molecule has 1 heterocycles. The van der Waals surface area contributed by atoms with Crippen molar-refractivity contribution in [1.82, 2.24) is 0 Å². The standard InChI is InChI=1S/C24H28F2O3/c25-22(26)12-6-4-2-1-3-5-9-14-24(23(27)28)15-13-18-17-29-21-11-8-7-10-19(21)20(18)16-24/h7-8,10-11,13,15-17,22H,1-6,9,12,14H2,(H,27,28). The van der Waals surface area contributed by atoms with Crippen molar-refractivity contribution in [3.05, 3.63) is 59.9 Å². The smallest absolute Gasteiger partial charge is 0.317 e. The minimum absolute atomic E-state index is 0.00720. The van der Waals surface area contributed by atoms with Crippen molar-refractivity contribution < 1.29 is 23.4 Å². The van der Waals surface area contributed by atoms with Crippen molar-refractivity contribution in [1.29, 1.82) is 0 Å². The molecule has 3 nitrogen and oxygen atoms in total. The molecule has 1 aliphatic carbocycles. The van der Waals surface area contributed by atoms with E-state index in [1.165, 1.54) is 0 Å². The number of hydrogen-bond acceptors (Lipinski definition) is 2. The highest BCUT2D eigenvalue weighted by atomic mass is 19.3. The van der Waals surface area contributed by atoms with Crippen LogP contribution in [-0.2, 0) is 4.79 Å². The fourth-order valence-corrected chi connectivity index (χ4v) is 3.97. The lowest BCUT2D eigenvalue weighted by Gasteiger charge is -2.30. The summed E-state index contributed by atoms with van der Waals surface area (Å²) in [5.41, 5.74) is 1.72. The summed E-state index contributed by atoms with van der Waals surface area (Å²) in [4.78, 5) is 12.1. The molecule has 0 saturated carbocycles. The highest BCUT2D eigenvalue weighted by Crippen LogP contribution is 2.44. The van der Waals surface area contributed by atoms with Crippen LogP contribution in [0.4, 0.5) is 8.78 Å². The lowest BCUT2D eigenvalue weighted by Crippen LogP contribution is -2.29. The van der Waals surface area contributed by atoms with Crippen LogP contribution in [0, 0.1) is 5.41 Å². The van der Waals surface area contributed by atoms with Gasteiger partial charge in [0.25, 0.3) is 0 Å². The van der Waals surface area contributed by atoms with E-state index in [0.29, 0.717) is 12.8 Å². The summed E-state index contributed by atoms with van der Waals surface area (Å²) < 4.78 is 29.9. The van der Waals surface area contributed by atoms with Crippen LogP contribution in [0.25, 0.3) is 5.57 Å². The zero-order chi connectivity index (χ0) is 20.7. The van der Waals surface area contributed by atoms with Gasteiger partial charge in [0.15, 0.2) is 0 Å². The molecular weight excluding hydrogens is 374 g/mol. The molecule has 1 atom stereocenters. The van der Waals surface area contributed by atoms with Crippen LogP contribution in [-0.4, -0.2) is 17.5 Å². The summed E-state index contributed by atoms with van der Waals surface area (Å²) in [6, 6.07) is 7.66. The predicted octanol–water partition coefficient (Wildman–Crippen LogP) is 6.76. The van der Waals surface area contributed by atoms with Gasteiger partial charge < -0.3 is 9.84 Å². The summed E-state index contributed by atoms with van der Waals surface area (Å²) in [6.45, 7) is 0. The Bertz CT molecular complexity index is 810. The Balaban J connectivity index is 1.55. The third-order valence-electron chi connectivity index (χ3n) is 5.67. The first-order chi connectivity index (χ1) is 14.0. The Morgan fingerprint density at radius 2 is 1.72 bits per heavy atom. The number of aliphatic carboxylic acids is 1. The van der Waals surface area contributed by atoms with Crippen molar-refractivity contribution in [2.45, 2.75) is 64.2 Å². The maximum atomic E-state index is 12.1. The minimum atomic E-state index is -2.20. The van der Waals surface area contributed by atoms with Gasteiger partial charge in [-0.3, -0.25) is 4.79 Å². The van der Waals surface area contributed by atoms with E-state index in [-0.39, 0.29) is 6.42 Å². The fraction of sp³-hybridized carbons (Fsp3) is 0.458. The van der Waals surface area contributed by atoms with Gasteiger partial charge in [-0.15, -0.1) is 0 Å². The average Bonchev–Trinajstić information content (AvgIpc) is 2.72. The van der Waals surface area contributed by atoms with E-state index < -0.39 is 17.8 Å². The van der Waals surface area contributed by atoms with Gasteiger partial charge in [-0.25, -0.2) is 8.78 Å². The third kappa shape index (κ3) is 5.34. The van der Waals surface area contributed by atoms with Crippen molar-refractivity contribution >= 4 is 11.5 Å². The average molecular weight is 402 g/mol. The van der Waals surface area contributed by atoms with E-state index in [2.05, 4.69) is 0 Å². The second-order valence-electron chi connectivity index (χ2n) is 7.83. The maximum Gasteiger partial charge on any atom is 0.317 e. The molecule has 1 N–H and O–H groups in total. The molecule has 3 rings (SSSR count). The largest absolute Gasteiger partial charge is 0.480 e. The van der Waals surface area contributed by atoms with Crippen molar-refractivity contribution in [2.24, 2.45) is 5.41 Å². The minimum Gasteiger partial charge on any atom is -0.480 e. The van der Waals surface area contributed by atoms with Crippen LogP contribution in [0.15, 0.2) is 54.3 Å². The fourth-order valence-electron chi connectivity index (χ4n) is 3.97. The molecule has 2 aliphatic rings. The Morgan fingerprint density at radius 3 is 2.45 bits per heavy atom. The van der Waals surface area contributed by atoms with E-state index in [1.54, 1.807) is 12.3 Å². The zero-order valence-electron chi connectivity index (χ0n) is 16.6. The van der Waals surface area contributed by atoms with Crippen molar-refractivity contribution in [3.8, 4) is 5.75 Å². The highest BCUT2D eigenvalue weighted by molar-refractivity contribution is 5.93. The number of carboxylic acids is 1. The molecule has 0 fully saturated rings. The molecule has 1 aliphatic heterocycles. The van der Waals surface area contributed by atoms with Gasteiger partial charge in [0.1, 0.15) is 11.2 Å². The Labute approximate surface area is 170 Å². The van der Waals surface area contributed by atoms with Crippen LogP contribution in [0.2, 0.25) is 0 Å². The van der Waals surface area contributed by atoms with Crippen LogP contribution >= 0.6 is 0 Å². The number of carbonyl (C=O) groups is 1. The van der Waals surface area contributed by atoms with Gasteiger partial charge in [-0.2, -0.15) is 0 Å². The van der Waals surface area contributed by atoms with E-state index in [9.17, 15) is 18.7 Å². The van der Waals surface area contributed by atoms with Crippen LogP contribution < -0.4 is 4.74 Å². The van der Waals surface area contributed by atoms with Gasteiger partial charge in [0.2, 0.25) is 6.43 Å². The number of alkyl halides is 2. The number of unbranched alkanes of at least 4 members (excludes halogenated alkanes) is 6. The number of allylic oxidation sites excluding steroid dienone is 3. The maximum absolute atomic E-state index is 12.1. The second kappa shape index (κ2) is 9.86. The summed E-state index contributed by atoms with van der Waals surface area (Å²) in [7, 11) is 0. The molecule has 0 saturated heterocycles. The number of hydrogen-bond donors (Lipinski definition) is 1. The van der Waals surface area contributed by atoms with Crippen LogP contribution in [0.3, 0.4) is 0 Å².